The molecule has 176 valence electrons. The van der Waals surface area contributed by atoms with Crippen LogP contribution in [0.1, 0.15) is 47.2 Å². The number of hydrogen-bond acceptors (Lipinski definition) is 10. The summed E-state index contributed by atoms with van der Waals surface area (Å²) in [5.74, 6) is -4.08. The Morgan fingerprint density at radius 3 is 2.35 bits per heavy atom. The number of anilines is 1. The summed E-state index contributed by atoms with van der Waals surface area (Å²) in [6.45, 7) is 5.20. The van der Waals surface area contributed by atoms with Crippen molar-refractivity contribution in [3.8, 4) is 0 Å². The summed E-state index contributed by atoms with van der Waals surface area (Å²) in [7, 11) is -4.77. The minimum absolute atomic E-state index is 0. The Kier molecular flexibility index (Phi) is 8.82. The predicted molar refractivity (Wildman–Crippen MR) is 119 cm³/mol. The molecule has 1 aromatic rings. The van der Waals surface area contributed by atoms with E-state index in [1.807, 2.05) is 0 Å². The van der Waals surface area contributed by atoms with Crippen molar-refractivity contribution < 1.29 is 37.3 Å². The second-order valence-corrected chi connectivity index (χ2v) is 9.48. The van der Waals surface area contributed by atoms with Crippen LogP contribution in [-0.4, -0.2) is 61.9 Å². The number of aromatic nitrogens is 1. The highest BCUT2D eigenvalue weighted by molar-refractivity contribution is 7.84. The van der Waals surface area contributed by atoms with E-state index in [4.69, 9.17) is 15.7 Å². The molecule has 2 heterocycles. The average molecular weight is 499 g/mol. The second kappa shape index (κ2) is 9.50. The van der Waals surface area contributed by atoms with Crippen LogP contribution in [-0.2, 0) is 29.5 Å². The Morgan fingerprint density at radius 1 is 1.42 bits per heavy atom. The molecule has 1 unspecified atom stereocenters. The van der Waals surface area contributed by atoms with E-state index in [2.05, 4.69) is 10.1 Å². The van der Waals surface area contributed by atoms with Gasteiger partial charge in [0.25, 0.3) is 0 Å². The first-order valence-electron chi connectivity index (χ1n) is 8.15. The van der Waals surface area contributed by atoms with Crippen LogP contribution in [0.3, 0.4) is 0 Å². The zero-order valence-electron chi connectivity index (χ0n) is 16.4. The van der Waals surface area contributed by atoms with Crippen molar-refractivity contribution in [3.05, 3.63) is 11.1 Å². The van der Waals surface area contributed by atoms with Crippen LogP contribution in [0.4, 0.5) is 5.13 Å². The standard InChI is InChI=1S/C15H20N4O8S2.CH4.H2S/c1-14(2)7(11(21)19(14)29(24,25)26)5-9(20)10(8-6-28-13(16)17-8)18-27-15(3,4)12(22)23;;/h6-7H,5H2,1-4H3,(H2,16,17)(H,22,23)(H,24,25,26);1H4;1H2/b18-10-;;. The first kappa shape index (κ1) is 28.8. The number of Topliss-reactive ketones (excluding diaryl/α,β-unsaturated/α-hetero) is 1. The second-order valence-electron chi connectivity index (χ2n) is 7.33. The highest BCUT2D eigenvalue weighted by atomic mass is 32.2. The van der Waals surface area contributed by atoms with Gasteiger partial charge in [-0.3, -0.25) is 14.1 Å². The lowest BCUT2D eigenvalue weighted by atomic mass is 9.75. The third kappa shape index (κ3) is 5.72. The molecule has 0 bridgehead atoms. The number of nitrogens with zero attached hydrogens (tertiary/aromatic N) is 3. The molecule has 0 aliphatic carbocycles. The van der Waals surface area contributed by atoms with Crippen molar-refractivity contribution in [1.29, 1.82) is 0 Å². The largest absolute Gasteiger partial charge is 0.478 e. The number of ketones is 1. The monoisotopic (exact) mass is 498 g/mol. The summed E-state index contributed by atoms with van der Waals surface area (Å²) >= 11 is 1.01. The van der Waals surface area contributed by atoms with Crippen LogP contribution in [0.5, 0.6) is 0 Å². The van der Waals surface area contributed by atoms with Gasteiger partial charge in [0, 0.05) is 11.8 Å². The highest BCUT2D eigenvalue weighted by Crippen LogP contribution is 2.41. The van der Waals surface area contributed by atoms with Gasteiger partial charge in [0.05, 0.1) is 11.5 Å². The summed E-state index contributed by atoms with van der Waals surface area (Å²) in [6, 6.07) is 0. The third-order valence-electron chi connectivity index (χ3n) is 4.40. The normalized spacial score (nSPS) is 18.4. The van der Waals surface area contributed by atoms with E-state index in [1.54, 1.807) is 0 Å². The molecule has 1 amide bonds. The van der Waals surface area contributed by atoms with Crippen LogP contribution in [0.2, 0.25) is 0 Å². The number of nitrogen functional groups attached to an aromatic ring is 1. The fourth-order valence-corrected chi connectivity index (χ4v) is 4.29. The maximum atomic E-state index is 12.8. The molecule has 31 heavy (non-hydrogen) atoms. The van der Waals surface area contributed by atoms with Crippen LogP contribution >= 0.6 is 24.8 Å². The molecule has 0 aromatic carbocycles. The van der Waals surface area contributed by atoms with Crippen molar-refractivity contribution >= 4 is 63.6 Å². The van der Waals surface area contributed by atoms with Gasteiger partial charge in [0.2, 0.25) is 11.5 Å². The van der Waals surface area contributed by atoms with E-state index in [1.165, 1.54) is 33.1 Å². The molecule has 0 radical (unpaired) electrons. The minimum atomic E-state index is -4.77. The molecular weight excluding hydrogens is 472 g/mol. The molecule has 1 aliphatic heterocycles. The maximum absolute atomic E-state index is 12.8. The van der Waals surface area contributed by atoms with Crippen molar-refractivity contribution in [2.45, 2.75) is 52.7 Å². The Morgan fingerprint density at radius 2 is 1.97 bits per heavy atom. The van der Waals surface area contributed by atoms with Gasteiger partial charge < -0.3 is 15.7 Å². The quantitative estimate of drug-likeness (QED) is 0.202. The van der Waals surface area contributed by atoms with Crippen molar-refractivity contribution in [2.24, 2.45) is 11.1 Å². The van der Waals surface area contributed by atoms with Crippen molar-refractivity contribution in [1.82, 2.24) is 9.29 Å². The Balaban J connectivity index is 0.00000450. The lowest BCUT2D eigenvalue weighted by molar-refractivity contribution is -0.161. The molecule has 1 saturated heterocycles. The predicted octanol–water partition coefficient (Wildman–Crippen LogP) is 1.06. The first-order valence-corrected chi connectivity index (χ1v) is 10.4. The van der Waals surface area contributed by atoms with E-state index < -0.39 is 51.4 Å². The number of aliphatic carboxylic acids is 1. The number of carbonyl (C=O) groups is 3. The smallest absolute Gasteiger partial charge is 0.362 e. The lowest BCUT2D eigenvalue weighted by Crippen LogP contribution is -2.69. The van der Waals surface area contributed by atoms with E-state index in [9.17, 15) is 27.4 Å². The van der Waals surface area contributed by atoms with Crippen LogP contribution in [0, 0.1) is 5.92 Å². The number of β-lactam (4-membered cyclic amide) rings is 1. The number of hydrogen-bond donors (Lipinski definition) is 3. The molecule has 12 nitrogen and oxygen atoms in total. The minimum Gasteiger partial charge on any atom is -0.478 e. The number of oxime groups is 1. The lowest BCUT2D eigenvalue weighted by Gasteiger charge is -2.50. The molecule has 15 heteroatoms. The fraction of sp³-hybridized carbons (Fsp3) is 0.562. The topological polar surface area (TPSA) is 190 Å². The summed E-state index contributed by atoms with van der Waals surface area (Å²) in [4.78, 5) is 45.1. The molecule has 1 atom stereocenters. The average Bonchev–Trinajstić information content (AvgIpc) is 2.97. The van der Waals surface area contributed by atoms with E-state index in [0.717, 1.165) is 11.3 Å². The highest BCUT2D eigenvalue weighted by Gasteiger charge is 2.59. The summed E-state index contributed by atoms with van der Waals surface area (Å²) in [5.41, 5.74) is 2.13. The molecule has 2 rings (SSSR count). The summed E-state index contributed by atoms with van der Waals surface area (Å²) < 4.78 is 32.2. The van der Waals surface area contributed by atoms with Gasteiger partial charge in [0.1, 0.15) is 5.69 Å². The Hall–Kier alpha value is -2.23. The number of carboxylic acid groups (broad SMARTS) is 1. The zero-order valence-corrected chi connectivity index (χ0v) is 19.1. The number of nitrogens with two attached hydrogens (primary N) is 1. The number of carboxylic acids is 1. The first-order chi connectivity index (χ1) is 13.1. The Bertz CT molecular complexity index is 1000. The van der Waals surface area contributed by atoms with Crippen molar-refractivity contribution in [2.75, 3.05) is 5.73 Å². The fourth-order valence-electron chi connectivity index (χ4n) is 2.67. The molecule has 1 aromatic heterocycles. The molecule has 0 saturated carbocycles. The van der Waals surface area contributed by atoms with Gasteiger partial charge in [-0.1, -0.05) is 12.6 Å². The van der Waals surface area contributed by atoms with E-state index in [-0.39, 0.29) is 37.5 Å². The van der Waals surface area contributed by atoms with Crippen LogP contribution < -0.4 is 5.73 Å². The van der Waals surface area contributed by atoms with Gasteiger partial charge in [-0.15, -0.1) is 11.3 Å². The van der Waals surface area contributed by atoms with Gasteiger partial charge >= 0.3 is 16.3 Å². The third-order valence-corrected chi connectivity index (χ3v) is 6.19. The Labute approximate surface area is 190 Å². The zero-order chi connectivity index (χ0) is 22.4. The SMILES string of the molecule is C.CC(C)(O/N=C(\C(=O)CC1C(=O)N(S(=O)(=O)O)C1(C)C)c1csc(N)n1)C(=O)O.S. The van der Waals surface area contributed by atoms with Gasteiger partial charge in [0.15, 0.2) is 16.6 Å². The van der Waals surface area contributed by atoms with Crippen LogP contribution in [0.15, 0.2) is 10.5 Å². The van der Waals surface area contributed by atoms with Gasteiger partial charge in [-0.05, 0) is 27.7 Å². The number of thiazole rings is 1. The number of carbonyl (C=O) groups excluding carboxylic acids is 2. The molecule has 0 spiro atoms. The van der Waals surface area contributed by atoms with Crippen LogP contribution in [0.25, 0.3) is 0 Å². The number of rotatable bonds is 8. The summed E-state index contributed by atoms with van der Waals surface area (Å²) in [5, 5.41) is 14.3. The van der Waals surface area contributed by atoms with E-state index in [0.29, 0.717) is 4.31 Å². The molecule has 1 aliphatic rings. The molecule has 1 fully saturated rings. The maximum Gasteiger partial charge on any atom is 0.362 e. The molecular formula is C16H26N4O8S3. The van der Waals surface area contributed by atoms with Gasteiger partial charge in [-0.2, -0.15) is 21.9 Å². The summed E-state index contributed by atoms with van der Waals surface area (Å²) in [6.07, 6.45) is -0.467. The van der Waals surface area contributed by atoms with Crippen molar-refractivity contribution in [3.63, 3.8) is 0 Å². The van der Waals surface area contributed by atoms with Gasteiger partial charge in [-0.25, -0.2) is 14.1 Å². The molecule has 4 N–H and O–H groups in total. The number of amides is 1. The van der Waals surface area contributed by atoms with E-state index >= 15 is 0 Å².